The maximum Gasteiger partial charge on any atom is 0.281 e. The Hall–Kier alpha value is -2.99. The molecule has 1 heterocycles. The van der Waals surface area contributed by atoms with Crippen LogP contribution in [-0.4, -0.2) is 15.7 Å². The summed E-state index contributed by atoms with van der Waals surface area (Å²) in [5.74, 6) is 0.592. The van der Waals surface area contributed by atoms with Crippen LogP contribution in [0.3, 0.4) is 0 Å². The molecule has 0 unspecified atom stereocenters. The number of anilines is 4. The quantitative estimate of drug-likeness (QED) is 0.338. The Labute approximate surface area is 188 Å². The molecule has 0 amide bonds. The Balaban J connectivity index is 1.71. The summed E-state index contributed by atoms with van der Waals surface area (Å²) in [7, 11) is 0. The first-order valence-corrected chi connectivity index (χ1v) is 10.1. The van der Waals surface area contributed by atoms with Gasteiger partial charge in [0, 0.05) is 27.5 Å². The minimum atomic E-state index is -0.360. The number of halogens is 3. The topological polar surface area (TPSA) is 59.0 Å². The summed E-state index contributed by atoms with van der Waals surface area (Å²) in [5.41, 5.74) is 1.89. The third kappa shape index (κ3) is 4.60. The number of carbonyl (C=O) groups is 1. The van der Waals surface area contributed by atoms with Gasteiger partial charge in [-0.3, -0.25) is 4.79 Å². The molecule has 0 atom stereocenters. The average molecular weight is 458 g/mol. The minimum Gasteiger partial charge on any atom is -0.340 e. The number of aromatic nitrogens is 2. The van der Waals surface area contributed by atoms with Crippen molar-refractivity contribution in [1.82, 2.24) is 9.78 Å². The lowest BCUT2D eigenvalue weighted by atomic mass is 10.2. The van der Waals surface area contributed by atoms with Gasteiger partial charge in [0.2, 0.25) is 0 Å². The van der Waals surface area contributed by atoms with Crippen molar-refractivity contribution in [2.75, 3.05) is 10.6 Å². The van der Waals surface area contributed by atoms with Gasteiger partial charge in [-0.2, -0.15) is 4.68 Å². The van der Waals surface area contributed by atoms with Crippen molar-refractivity contribution in [3.8, 4) is 0 Å². The second-order valence-electron chi connectivity index (χ2n) is 6.38. The van der Waals surface area contributed by atoms with Gasteiger partial charge >= 0.3 is 0 Å². The molecule has 0 fully saturated rings. The highest BCUT2D eigenvalue weighted by atomic mass is 35.5. The lowest BCUT2D eigenvalue weighted by Crippen LogP contribution is -2.16. The second kappa shape index (κ2) is 8.79. The van der Waals surface area contributed by atoms with Crippen molar-refractivity contribution in [2.45, 2.75) is 0 Å². The van der Waals surface area contributed by atoms with Crippen LogP contribution in [0, 0.1) is 0 Å². The van der Waals surface area contributed by atoms with Crippen molar-refractivity contribution in [3.05, 3.63) is 99.5 Å². The van der Waals surface area contributed by atoms with Crippen molar-refractivity contribution in [3.63, 3.8) is 0 Å². The van der Waals surface area contributed by atoms with Gasteiger partial charge in [-0.1, -0.05) is 46.9 Å². The Bertz CT molecular complexity index is 1190. The van der Waals surface area contributed by atoms with E-state index in [1.54, 1.807) is 54.6 Å². The fraction of sp³-hybridized carbons (Fsp3) is 0. The van der Waals surface area contributed by atoms with Gasteiger partial charge in [0.1, 0.15) is 5.82 Å². The molecule has 150 valence electrons. The number of benzene rings is 3. The molecule has 3 aromatic carbocycles. The van der Waals surface area contributed by atoms with Gasteiger partial charge in [0.25, 0.3) is 5.91 Å². The van der Waals surface area contributed by atoms with E-state index in [1.807, 2.05) is 24.3 Å². The molecule has 0 aliphatic carbocycles. The molecule has 4 rings (SSSR count). The monoisotopic (exact) mass is 456 g/mol. The van der Waals surface area contributed by atoms with Crippen LogP contribution in [-0.2, 0) is 0 Å². The van der Waals surface area contributed by atoms with Gasteiger partial charge in [-0.15, -0.1) is 5.10 Å². The molecule has 0 radical (unpaired) electrons. The fourth-order valence-corrected chi connectivity index (χ4v) is 3.27. The van der Waals surface area contributed by atoms with E-state index < -0.39 is 0 Å². The number of carbonyl (C=O) groups excluding carboxylic acids is 1. The number of nitrogens with one attached hydrogen (secondary N) is 2. The van der Waals surface area contributed by atoms with Crippen molar-refractivity contribution in [1.29, 1.82) is 0 Å². The standard InChI is InChI=1S/C22H15Cl3N4O/c23-14-5-9-16(10-6-14)26-20-13-21(27-17-11-7-15(24)8-12-17)29(28-20)22(30)18-3-1-2-4-19(18)25/h1-13,27H,(H,26,28). The molecule has 0 saturated heterocycles. The van der Waals surface area contributed by atoms with Crippen molar-refractivity contribution < 1.29 is 4.79 Å². The third-order valence-electron chi connectivity index (χ3n) is 4.24. The molecule has 4 aromatic rings. The largest absolute Gasteiger partial charge is 0.340 e. The van der Waals surface area contributed by atoms with Gasteiger partial charge < -0.3 is 10.6 Å². The zero-order valence-corrected chi connectivity index (χ0v) is 17.7. The Kier molecular flexibility index (Phi) is 5.95. The van der Waals surface area contributed by atoms with Gasteiger partial charge in [-0.05, 0) is 60.7 Å². The van der Waals surface area contributed by atoms with E-state index in [-0.39, 0.29) is 5.91 Å². The maximum absolute atomic E-state index is 13.2. The third-order valence-corrected chi connectivity index (χ3v) is 5.07. The van der Waals surface area contributed by atoms with E-state index in [4.69, 9.17) is 34.8 Å². The lowest BCUT2D eigenvalue weighted by Gasteiger charge is -2.09. The van der Waals surface area contributed by atoms with Crippen LogP contribution in [0.15, 0.2) is 78.9 Å². The predicted molar refractivity (Wildman–Crippen MR) is 123 cm³/mol. The number of nitrogens with zero attached hydrogens (tertiary/aromatic N) is 2. The lowest BCUT2D eigenvalue weighted by molar-refractivity contribution is 0.0948. The van der Waals surface area contributed by atoms with Crippen LogP contribution in [0.5, 0.6) is 0 Å². The van der Waals surface area contributed by atoms with Crippen LogP contribution in [0.2, 0.25) is 15.1 Å². The summed E-state index contributed by atoms with van der Waals surface area (Å²) >= 11 is 18.1. The molecule has 0 bridgehead atoms. The number of hydrogen-bond donors (Lipinski definition) is 2. The van der Waals surface area contributed by atoms with E-state index in [0.29, 0.717) is 32.3 Å². The van der Waals surface area contributed by atoms with Gasteiger partial charge in [-0.25, -0.2) is 0 Å². The first-order valence-electron chi connectivity index (χ1n) is 8.94. The van der Waals surface area contributed by atoms with Crippen LogP contribution >= 0.6 is 34.8 Å². The maximum atomic E-state index is 13.2. The molecule has 0 aliphatic heterocycles. The smallest absolute Gasteiger partial charge is 0.281 e. The van der Waals surface area contributed by atoms with E-state index in [9.17, 15) is 4.79 Å². The minimum absolute atomic E-state index is 0.347. The van der Waals surface area contributed by atoms with Crippen LogP contribution < -0.4 is 10.6 Å². The molecule has 1 aromatic heterocycles. The fourth-order valence-electron chi connectivity index (χ4n) is 2.80. The number of hydrogen-bond acceptors (Lipinski definition) is 4. The Morgan fingerprint density at radius 1 is 0.767 bits per heavy atom. The summed E-state index contributed by atoms with van der Waals surface area (Å²) in [6.07, 6.45) is 0. The first-order chi connectivity index (χ1) is 14.5. The SMILES string of the molecule is O=C(c1ccccc1Cl)n1nc(Nc2ccc(Cl)cc2)cc1Nc1ccc(Cl)cc1. The summed E-state index contributed by atoms with van der Waals surface area (Å²) < 4.78 is 1.27. The van der Waals surface area contributed by atoms with Gasteiger partial charge in [0.15, 0.2) is 5.82 Å². The van der Waals surface area contributed by atoms with Crippen molar-refractivity contribution >= 4 is 63.7 Å². The predicted octanol–water partition coefficient (Wildman–Crippen LogP) is 7.02. The zero-order valence-electron chi connectivity index (χ0n) is 15.4. The Morgan fingerprint density at radius 2 is 1.33 bits per heavy atom. The molecule has 0 aliphatic rings. The highest BCUT2D eigenvalue weighted by Gasteiger charge is 2.19. The summed E-state index contributed by atoms with van der Waals surface area (Å²) in [6, 6.07) is 22.9. The van der Waals surface area contributed by atoms with Crippen molar-refractivity contribution in [2.24, 2.45) is 0 Å². The number of rotatable bonds is 5. The molecule has 0 spiro atoms. The highest BCUT2D eigenvalue weighted by molar-refractivity contribution is 6.34. The summed E-state index contributed by atoms with van der Waals surface area (Å²) in [4.78, 5) is 13.2. The molecule has 0 saturated carbocycles. The molecule has 2 N–H and O–H groups in total. The molecule has 8 heteroatoms. The van der Waals surface area contributed by atoms with Crippen LogP contribution in [0.1, 0.15) is 10.4 Å². The zero-order chi connectivity index (χ0) is 21.1. The van der Waals surface area contributed by atoms with Gasteiger partial charge in [0.05, 0.1) is 10.6 Å². The van der Waals surface area contributed by atoms with E-state index in [1.165, 1.54) is 4.68 Å². The van der Waals surface area contributed by atoms with Crippen LogP contribution in [0.4, 0.5) is 23.0 Å². The molecular weight excluding hydrogens is 443 g/mol. The molecule has 30 heavy (non-hydrogen) atoms. The summed E-state index contributed by atoms with van der Waals surface area (Å²) in [5, 5.41) is 12.4. The van der Waals surface area contributed by atoms with E-state index in [0.717, 1.165) is 11.4 Å². The average Bonchev–Trinajstić information content (AvgIpc) is 3.13. The normalized spacial score (nSPS) is 10.6. The van der Waals surface area contributed by atoms with E-state index in [2.05, 4.69) is 15.7 Å². The highest BCUT2D eigenvalue weighted by Crippen LogP contribution is 2.26. The van der Waals surface area contributed by atoms with E-state index >= 15 is 0 Å². The first kappa shape index (κ1) is 20.3. The van der Waals surface area contributed by atoms with Crippen LogP contribution in [0.25, 0.3) is 0 Å². The Morgan fingerprint density at radius 3 is 1.93 bits per heavy atom. The molecular formula is C22H15Cl3N4O. The summed E-state index contributed by atoms with van der Waals surface area (Å²) in [6.45, 7) is 0. The molecule has 5 nitrogen and oxygen atoms in total. The second-order valence-corrected chi connectivity index (χ2v) is 7.66.